The second-order valence-corrected chi connectivity index (χ2v) is 10.1. The van der Waals surface area contributed by atoms with Gasteiger partial charge in [-0.15, -0.1) is 11.6 Å². The molecule has 12 heteroatoms. The van der Waals surface area contributed by atoms with Crippen molar-refractivity contribution in [3.8, 4) is 17.3 Å². The van der Waals surface area contributed by atoms with Gasteiger partial charge in [-0.1, -0.05) is 11.6 Å². The molecule has 39 heavy (non-hydrogen) atoms. The Labute approximate surface area is 237 Å². The number of methoxy groups -OCH3 is 1. The number of alkyl halides is 1. The number of aryl methyl sites for hydroxylation is 1. The molecular formula is C27H32Cl2N8O2. The number of carbonyl (C=O) groups excluding carboxylic acids is 1. The van der Waals surface area contributed by atoms with Crippen LogP contribution in [0.2, 0.25) is 5.02 Å². The first kappa shape index (κ1) is 28.4. The molecule has 0 aliphatic heterocycles. The predicted octanol–water partition coefficient (Wildman–Crippen LogP) is 5.00. The smallest absolute Gasteiger partial charge is 0.227 e. The summed E-state index contributed by atoms with van der Waals surface area (Å²) in [6.07, 6.45) is 1.86. The Hall–Kier alpha value is -3.60. The molecule has 206 valence electrons. The Balaban J connectivity index is 1.69. The van der Waals surface area contributed by atoms with Gasteiger partial charge in [0.25, 0.3) is 0 Å². The number of anilines is 4. The van der Waals surface area contributed by atoms with Crippen LogP contribution < -0.4 is 20.3 Å². The fraction of sp³-hybridized carbons (Fsp3) is 0.333. The van der Waals surface area contributed by atoms with Crippen molar-refractivity contribution in [1.82, 2.24) is 24.4 Å². The number of imidazole rings is 1. The third kappa shape index (κ3) is 6.70. The molecule has 0 fully saturated rings. The van der Waals surface area contributed by atoms with Crippen molar-refractivity contribution in [2.75, 3.05) is 62.8 Å². The highest BCUT2D eigenvalue weighted by Gasteiger charge is 2.18. The number of nitrogens with zero attached hydrogens (tertiary/aromatic N) is 6. The normalized spacial score (nSPS) is 11.2. The standard InChI is InChI=1S/C27H32Cl2N8O2/c1-35(2)12-13-36(3)23-16-24(39-5)21(15-20(23)31-25(38)8-10-28)34-27-30-11-9-18(33-27)26-32-19-14-17(29)6-7-22(19)37(26)4/h6-7,9,11,14-16H,8,10,12-13H2,1-5H3,(H,31,38)(H,30,33,34). The van der Waals surface area contributed by atoms with Crippen molar-refractivity contribution in [1.29, 1.82) is 0 Å². The van der Waals surface area contributed by atoms with E-state index in [1.807, 2.05) is 63.1 Å². The average molecular weight is 572 g/mol. The van der Waals surface area contributed by atoms with Gasteiger partial charge in [0.15, 0.2) is 5.82 Å². The number of hydrogen-bond acceptors (Lipinski definition) is 8. The van der Waals surface area contributed by atoms with E-state index in [-0.39, 0.29) is 18.2 Å². The summed E-state index contributed by atoms with van der Waals surface area (Å²) in [6, 6.07) is 11.1. The molecule has 4 rings (SSSR count). The molecule has 0 radical (unpaired) electrons. The van der Waals surface area contributed by atoms with E-state index < -0.39 is 0 Å². The fourth-order valence-electron chi connectivity index (χ4n) is 4.09. The second kappa shape index (κ2) is 12.5. The van der Waals surface area contributed by atoms with Crippen LogP contribution in [0.3, 0.4) is 0 Å². The maximum atomic E-state index is 12.5. The highest BCUT2D eigenvalue weighted by Crippen LogP contribution is 2.38. The maximum absolute atomic E-state index is 12.5. The summed E-state index contributed by atoms with van der Waals surface area (Å²) in [5.74, 6) is 1.65. The van der Waals surface area contributed by atoms with Gasteiger partial charge in [-0.05, 0) is 44.4 Å². The number of benzene rings is 2. The summed E-state index contributed by atoms with van der Waals surface area (Å²) < 4.78 is 7.67. The molecule has 2 aromatic heterocycles. The van der Waals surface area contributed by atoms with Crippen LogP contribution in [-0.4, -0.2) is 77.5 Å². The van der Waals surface area contributed by atoms with Gasteiger partial charge in [-0.3, -0.25) is 4.79 Å². The van der Waals surface area contributed by atoms with Crippen LogP contribution >= 0.6 is 23.2 Å². The second-order valence-electron chi connectivity index (χ2n) is 9.30. The largest absolute Gasteiger partial charge is 0.494 e. The molecule has 0 aliphatic rings. The lowest BCUT2D eigenvalue weighted by Crippen LogP contribution is -2.29. The minimum Gasteiger partial charge on any atom is -0.494 e. The summed E-state index contributed by atoms with van der Waals surface area (Å²) >= 11 is 12.0. The van der Waals surface area contributed by atoms with Crippen molar-refractivity contribution in [3.63, 3.8) is 0 Å². The van der Waals surface area contributed by atoms with Gasteiger partial charge in [0.1, 0.15) is 11.4 Å². The van der Waals surface area contributed by atoms with Crippen LogP contribution in [0.25, 0.3) is 22.6 Å². The zero-order chi connectivity index (χ0) is 28.1. The molecule has 10 nitrogen and oxygen atoms in total. The van der Waals surface area contributed by atoms with Crippen LogP contribution in [0.15, 0.2) is 42.6 Å². The molecule has 2 N–H and O–H groups in total. The molecule has 0 spiro atoms. The molecule has 4 aromatic rings. The summed E-state index contributed by atoms with van der Waals surface area (Å²) in [6.45, 7) is 1.58. The molecule has 0 bridgehead atoms. The van der Waals surface area contributed by atoms with E-state index in [1.54, 1.807) is 19.4 Å². The number of fused-ring (bicyclic) bond motifs is 1. The van der Waals surface area contributed by atoms with E-state index >= 15 is 0 Å². The summed E-state index contributed by atoms with van der Waals surface area (Å²) in [5, 5.41) is 6.85. The lowest BCUT2D eigenvalue weighted by atomic mass is 10.2. The third-order valence-corrected chi connectivity index (χ3v) is 6.61. The van der Waals surface area contributed by atoms with Gasteiger partial charge in [0, 0.05) is 56.8 Å². The number of aromatic nitrogens is 4. The minimum atomic E-state index is -0.177. The van der Waals surface area contributed by atoms with Crippen molar-refractivity contribution in [2.45, 2.75) is 6.42 Å². The Morgan fingerprint density at radius 1 is 1.08 bits per heavy atom. The molecule has 0 unspecified atom stereocenters. The van der Waals surface area contributed by atoms with Crippen molar-refractivity contribution < 1.29 is 9.53 Å². The van der Waals surface area contributed by atoms with E-state index in [0.717, 1.165) is 29.8 Å². The van der Waals surface area contributed by atoms with E-state index in [4.69, 9.17) is 37.9 Å². The number of ether oxygens (including phenoxy) is 1. The number of nitrogens with one attached hydrogen (secondary N) is 2. The average Bonchev–Trinajstić information content (AvgIpc) is 3.23. The molecule has 0 saturated carbocycles. The molecule has 0 atom stereocenters. The van der Waals surface area contributed by atoms with Crippen LogP contribution in [-0.2, 0) is 11.8 Å². The zero-order valence-electron chi connectivity index (χ0n) is 22.6. The Morgan fingerprint density at radius 3 is 2.59 bits per heavy atom. The van der Waals surface area contributed by atoms with Gasteiger partial charge in [0.05, 0.1) is 35.2 Å². The first-order valence-electron chi connectivity index (χ1n) is 12.4. The SMILES string of the molecule is COc1cc(N(C)CCN(C)C)c(NC(=O)CCCl)cc1Nc1nccc(-c2nc3cc(Cl)ccc3n2C)n1. The van der Waals surface area contributed by atoms with E-state index in [0.29, 0.717) is 39.6 Å². The maximum Gasteiger partial charge on any atom is 0.227 e. The van der Waals surface area contributed by atoms with E-state index in [1.165, 1.54) is 0 Å². The number of hydrogen-bond donors (Lipinski definition) is 2. The van der Waals surface area contributed by atoms with Crippen molar-refractivity contribution in [3.05, 3.63) is 47.6 Å². The molecular weight excluding hydrogens is 539 g/mol. The van der Waals surface area contributed by atoms with Crippen LogP contribution in [0.4, 0.5) is 23.0 Å². The number of rotatable bonds is 11. The summed E-state index contributed by atoms with van der Waals surface area (Å²) in [5.41, 5.74) is 4.39. The fourth-order valence-corrected chi connectivity index (χ4v) is 4.42. The van der Waals surface area contributed by atoms with Crippen molar-refractivity contribution in [2.24, 2.45) is 7.05 Å². The number of halogens is 2. The highest BCUT2D eigenvalue weighted by atomic mass is 35.5. The lowest BCUT2D eigenvalue weighted by molar-refractivity contribution is -0.115. The van der Waals surface area contributed by atoms with Crippen molar-refractivity contribution >= 4 is 63.2 Å². The highest BCUT2D eigenvalue weighted by molar-refractivity contribution is 6.31. The first-order chi connectivity index (χ1) is 18.7. The van der Waals surface area contributed by atoms with E-state index in [9.17, 15) is 4.79 Å². The third-order valence-electron chi connectivity index (χ3n) is 6.18. The predicted molar refractivity (Wildman–Crippen MR) is 159 cm³/mol. The molecule has 0 aliphatic carbocycles. The van der Waals surface area contributed by atoms with Gasteiger partial charge in [-0.2, -0.15) is 0 Å². The number of amides is 1. The quantitative estimate of drug-likeness (QED) is 0.243. The summed E-state index contributed by atoms with van der Waals surface area (Å²) in [7, 11) is 9.53. The molecule has 2 aromatic carbocycles. The van der Waals surface area contributed by atoms with Gasteiger partial charge >= 0.3 is 0 Å². The van der Waals surface area contributed by atoms with Gasteiger partial charge in [0.2, 0.25) is 11.9 Å². The lowest BCUT2D eigenvalue weighted by Gasteiger charge is -2.26. The Kier molecular flexibility index (Phi) is 9.11. The minimum absolute atomic E-state index is 0.177. The van der Waals surface area contributed by atoms with Gasteiger partial charge in [-0.25, -0.2) is 15.0 Å². The molecule has 1 amide bonds. The molecule has 2 heterocycles. The number of likely N-dealkylation sites (N-methyl/N-ethyl adjacent to an activating group) is 2. The van der Waals surface area contributed by atoms with Crippen LogP contribution in [0.5, 0.6) is 5.75 Å². The zero-order valence-corrected chi connectivity index (χ0v) is 24.1. The monoisotopic (exact) mass is 570 g/mol. The first-order valence-corrected chi connectivity index (χ1v) is 13.3. The van der Waals surface area contributed by atoms with Crippen LogP contribution in [0, 0.1) is 0 Å². The summed E-state index contributed by atoms with van der Waals surface area (Å²) in [4.78, 5) is 30.5. The van der Waals surface area contributed by atoms with E-state index in [2.05, 4.69) is 25.4 Å². The topological polar surface area (TPSA) is 100 Å². The Bertz CT molecular complexity index is 1470. The molecule has 0 saturated heterocycles. The van der Waals surface area contributed by atoms with Crippen LogP contribution in [0.1, 0.15) is 6.42 Å². The van der Waals surface area contributed by atoms with Gasteiger partial charge < -0.3 is 29.7 Å². The Morgan fingerprint density at radius 2 is 1.87 bits per heavy atom. The number of carbonyl (C=O) groups is 1.